The van der Waals surface area contributed by atoms with Crippen molar-refractivity contribution < 1.29 is 26.0 Å². The smallest absolute Gasteiger partial charge is 0.264 e. The Bertz CT molecular complexity index is 1060. The monoisotopic (exact) mass is 384 g/mol. The van der Waals surface area contributed by atoms with Crippen LogP contribution in [0.1, 0.15) is 11.1 Å². The van der Waals surface area contributed by atoms with E-state index < -0.39 is 39.7 Å². The van der Waals surface area contributed by atoms with Crippen molar-refractivity contribution in [1.29, 1.82) is 0 Å². The topological polar surface area (TPSA) is 59.1 Å². The fourth-order valence-electron chi connectivity index (χ4n) is 2.46. The van der Waals surface area contributed by atoms with Gasteiger partial charge in [-0.25, -0.2) is 17.5 Å². The van der Waals surface area contributed by atoms with E-state index >= 15 is 0 Å². The van der Waals surface area contributed by atoms with Gasteiger partial charge in [0, 0.05) is 35.3 Å². The van der Waals surface area contributed by atoms with E-state index in [0.29, 0.717) is 29.0 Å². The molecule has 4 nitrogen and oxygen atoms in total. The summed E-state index contributed by atoms with van der Waals surface area (Å²) in [7, 11) is -4.08. The summed E-state index contributed by atoms with van der Waals surface area (Å²) >= 11 is 0. The molecule has 2 aromatic carbocycles. The van der Waals surface area contributed by atoms with Gasteiger partial charge in [-0.3, -0.25) is 4.98 Å². The molecule has 0 bridgehead atoms. The summed E-state index contributed by atoms with van der Waals surface area (Å²) in [5.74, 6) is -0.928. The zero-order chi connectivity index (χ0) is 18.9. The highest BCUT2D eigenvalue weighted by Gasteiger charge is 2.31. The van der Waals surface area contributed by atoms with Gasteiger partial charge in [-0.1, -0.05) is 12.1 Å². The second-order valence-corrected chi connectivity index (χ2v) is 7.22. The predicted octanol–water partition coefficient (Wildman–Crippen LogP) is 3.87. The standard InChI is InChI=1S/C17H12F4N2O2S/c18-15-5-4-13(17(19,20)21)8-12(15)10-23-26(24,25)16-3-1-2-11-9-22-7-6-14(11)16/h1-9,23H,10H2. The first-order valence-electron chi connectivity index (χ1n) is 7.36. The number of nitrogens with zero attached hydrogens (tertiary/aromatic N) is 1. The minimum absolute atomic E-state index is 0.0650. The number of aromatic nitrogens is 1. The van der Waals surface area contributed by atoms with E-state index in [9.17, 15) is 26.0 Å². The molecule has 26 heavy (non-hydrogen) atoms. The van der Waals surface area contributed by atoms with Crippen molar-refractivity contribution in [3.63, 3.8) is 0 Å². The molecule has 0 radical (unpaired) electrons. The molecule has 0 saturated carbocycles. The highest BCUT2D eigenvalue weighted by atomic mass is 32.2. The highest BCUT2D eigenvalue weighted by molar-refractivity contribution is 7.89. The first-order valence-corrected chi connectivity index (χ1v) is 8.85. The van der Waals surface area contributed by atoms with Crippen molar-refractivity contribution in [2.45, 2.75) is 17.6 Å². The van der Waals surface area contributed by atoms with Crippen molar-refractivity contribution in [1.82, 2.24) is 9.71 Å². The Labute approximate surface area is 146 Å². The number of nitrogens with one attached hydrogen (secondary N) is 1. The summed E-state index contributed by atoms with van der Waals surface area (Å²) in [4.78, 5) is 3.84. The van der Waals surface area contributed by atoms with E-state index in [1.165, 1.54) is 30.6 Å². The molecule has 0 saturated heterocycles. The maximum Gasteiger partial charge on any atom is 0.416 e. The molecule has 1 heterocycles. The number of hydrogen-bond donors (Lipinski definition) is 1. The Morgan fingerprint density at radius 3 is 2.58 bits per heavy atom. The molecule has 3 aromatic rings. The SMILES string of the molecule is O=S(=O)(NCc1cc(C(F)(F)F)ccc1F)c1cccc2cnccc12. The van der Waals surface area contributed by atoms with Gasteiger partial charge in [-0.05, 0) is 30.3 Å². The molecule has 0 aliphatic heterocycles. The average molecular weight is 384 g/mol. The Morgan fingerprint density at radius 1 is 1.08 bits per heavy atom. The third-order valence-electron chi connectivity index (χ3n) is 3.76. The van der Waals surface area contributed by atoms with Crippen molar-refractivity contribution in [2.24, 2.45) is 0 Å². The Morgan fingerprint density at radius 2 is 1.85 bits per heavy atom. The van der Waals surface area contributed by atoms with Gasteiger partial charge in [-0.2, -0.15) is 13.2 Å². The molecule has 136 valence electrons. The maximum absolute atomic E-state index is 13.8. The fourth-order valence-corrected chi connectivity index (χ4v) is 3.70. The zero-order valence-electron chi connectivity index (χ0n) is 13.1. The lowest BCUT2D eigenvalue weighted by molar-refractivity contribution is -0.137. The van der Waals surface area contributed by atoms with Gasteiger partial charge in [0.1, 0.15) is 5.82 Å². The second-order valence-electron chi connectivity index (χ2n) is 5.48. The zero-order valence-corrected chi connectivity index (χ0v) is 13.9. The predicted molar refractivity (Wildman–Crippen MR) is 87.2 cm³/mol. The molecular formula is C17H12F4N2O2S. The number of alkyl halides is 3. The summed E-state index contributed by atoms with van der Waals surface area (Å²) in [6.45, 7) is -0.612. The van der Waals surface area contributed by atoms with Crippen LogP contribution in [0.3, 0.4) is 0 Å². The summed E-state index contributed by atoms with van der Waals surface area (Å²) in [6, 6.07) is 7.91. The second kappa shape index (κ2) is 6.65. The quantitative estimate of drug-likeness (QED) is 0.695. The number of sulfonamides is 1. The number of fused-ring (bicyclic) bond motifs is 1. The number of halogens is 4. The van der Waals surface area contributed by atoms with Crippen molar-refractivity contribution in [3.8, 4) is 0 Å². The molecule has 0 unspecified atom stereocenters. The number of benzene rings is 2. The Balaban J connectivity index is 1.92. The van der Waals surface area contributed by atoms with Crippen molar-refractivity contribution in [3.05, 3.63) is 71.8 Å². The molecular weight excluding hydrogens is 372 g/mol. The fraction of sp³-hybridized carbons (Fsp3) is 0.118. The van der Waals surface area contributed by atoms with Crippen LogP contribution >= 0.6 is 0 Å². The molecule has 3 rings (SSSR count). The summed E-state index contributed by atoms with van der Waals surface area (Å²) in [5, 5.41) is 0.986. The van der Waals surface area contributed by atoms with E-state index in [4.69, 9.17) is 0 Å². The van der Waals surface area contributed by atoms with Gasteiger partial charge < -0.3 is 0 Å². The molecule has 1 aromatic heterocycles. The van der Waals surface area contributed by atoms with E-state index in [1.54, 1.807) is 6.07 Å². The number of hydrogen-bond acceptors (Lipinski definition) is 3. The van der Waals surface area contributed by atoms with Gasteiger partial charge in [0.25, 0.3) is 0 Å². The van der Waals surface area contributed by atoms with E-state index in [1.807, 2.05) is 0 Å². The van der Waals surface area contributed by atoms with Gasteiger partial charge in [0.15, 0.2) is 0 Å². The summed E-state index contributed by atoms with van der Waals surface area (Å²) in [6.07, 6.45) is -1.74. The first kappa shape index (κ1) is 18.3. The van der Waals surface area contributed by atoms with Crippen molar-refractivity contribution in [2.75, 3.05) is 0 Å². The van der Waals surface area contributed by atoms with Crippen LogP contribution in [0, 0.1) is 5.82 Å². The molecule has 0 spiro atoms. The lowest BCUT2D eigenvalue weighted by Crippen LogP contribution is -2.24. The molecule has 9 heteroatoms. The Hall–Kier alpha value is -2.52. The van der Waals surface area contributed by atoms with Crippen LogP contribution in [0.5, 0.6) is 0 Å². The van der Waals surface area contributed by atoms with Crippen LogP contribution in [0.4, 0.5) is 17.6 Å². The minimum Gasteiger partial charge on any atom is -0.264 e. The molecule has 1 N–H and O–H groups in total. The van der Waals surface area contributed by atoms with Crippen molar-refractivity contribution >= 4 is 20.8 Å². The average Bonchev–Trinajstić information content (AvgIpc) is 2.59. The van der Waals surface area contributed by atoms with E-state index in [0.717, 1.165) is 0 Å². The van der Waals surface area contributed by atoms with Crippen LogP contribution < -0.4 is 4.72 Å². The van der Waals surface area contributed by atoms with Crippen LogP contribution in [0.2, 0.25) is 0 Å². The summed E-state index contributed by atoms with van der Waals surface area (Å²) in [5.41, 5.74) is -1.45. The van der Waals surface area contributed by atoms with Crippen LogP contribution in [0.25, 0.3) is 10.8 Å². The van der Waals surface area contributed by atoms with Crippen LogP contribution in [0.15, 0.2) is 59.8 Å². The number of rotatable bonds is 4. The molecule has 0 aliphatic carbocycles. The van der Waals surface area contributed by atoms with Gasteiger partial charge in [0.2, 0.25) is 10.0 Å². The van der Waals surface area contributed by atoms with Crippen LogP contribution in [-0.2, 0) is 22.7 Å². The highest BCUT2D eigenvalue weighted by Crippen LogP contribution is 2.30. The third-order valence-corrected chi connectivity index (χ3v) is 5.22. The summed E-state index contributed by atoms with van der Waals surface area (Å²) < 4.78 is 79.2. The van der Waals surface area contributed by atoms with Gasteiger partial charge in [0.05, 0.1) is 10.5 Å². The minimum atomic E-state index is -4.65. The van der Waals surface area contributed by atoms with Gasteiger partial charge in [-0.15, -0.1) is 0 Å². The van der Waals surface area contributed by atoms with Crippen LogP contribution in [-0.4, -0.2) is 13.4 Å². The largest absolute Gasteiger partial charge is 0.416 e. The Kier molecular flexibility index (Phi) is 4.68. The molecule has 0 fully saturated rings. The normalized spacial score (nSPS) is 12.5. The molecule has 0 atom stereocenters. The third kappa shape index (κ3) is 3.68. The molecule has 0 amide bonds. The lowest BCUT2D eigenvalue weighted by atomic mass is 10.1. The number of pyridine rings is 1. The molecule has 0 aliphatic rings. The maximum atomic E-state index is 13.8. The van der Waals surface area contributed by atoms with E-state index in [-0.39, 0.29) is 4.90 Å². The lowest BCUT2D eigenvalue weighted by Gasteiger charge is -2.12. The van der Waals surface area contributed by atoms with Gasteiger partial charge >= 0.3 is 6.18 Å². The van der Waals surface area contributed by atoms with E-state index in [2.05, 4.69) is 9.71 Å². The first-order chi connectivity index (χ1) is 12.2.